The Kier molecular flexibility index (Phi) is 6.52. The molecule has 0 saturated heterocycles. The van der Waals surface area contributed by atoms with Gasteiger partial charge in [0.15, 0.2) is 0 Å². The van der Waals surface area contributed by atoms with E-state index < -0.39 is 5.97 Å². The van der Waals surface area contributed by atoms with Crippen LogP contribution in [0.1, 0.15) is 25.3 Å². The Labute approximate surface area is 166 Å². The van der Waals surface area contributed by atoms with Crippen molar-refractivity contribution in [3.63, 3.8) is 0 Å². The van der Waals surface area contributed by atoms with Gasteiger partial charge in [0.1, 0.15) is 0 Å². The van der Waals surface area contributed by atoms with Gasteiger partial charge < -0.3 is 15.3 Å². The molecule has 28 heavy (non-hydrogen) atoms. The van der Waals surface area contributed by atoms with E-state index in [2.05, 4.69) is 35.6 Å². The molecule has 1 saturated carbocycles. The first-order chi connectivity index (χ1) is 13.5. The van der Waals surface area contributed by atoms with Crippen LogP contribution in [0.15, 0.2) is 42.5 Å². The summed E-state index contributed by atoms with van der Waals surface area (Å²) >= 11 is 0. The van der Waals surface area contributed by atoms with Gasteiger partial charge in [0, 0.05) is 25.7 Å². The van der Waals surface area contributed by atoms with Crippen molar-refractivity contribution in [2.45, 2.75) is 38.3 Å². The minimum Gasteiger partial charge on any atom is -0.480 e. The van der Waals surface area contributed by atoms with Crippen molar-refractivity contribution in [1.82, 2.24) is 15.1 Å². The first-order valence-electron chi connectivity index (χ1n) is 9.92. The number of amides is 2. The number of fused-ring (bicyclic) bond motifs is 1. The summed E-state index contributed by atoms with van der Waals surface area (Å²) in [6.45, 7) is 3.39. The molecule has 0 atom stereocenters. The normalized spacial score (nSPS) is 18.7. The molecular formula is C22H29N3O3. The highest BCUT2D eigenvalue weighted by Gasteiger charge is 2.35. The zero-order valence-electron chi connectivity index (χ0n) is 16.6. The fourth-order valence-electron chi connectivity index (χ4n) is 3.86. The summed E-state index contributed by atoms with van der Waals surface area (Å²) in [7, 11) is 1.82. The fraction of sp³-hybridized carbons (Fsp3) is 0.455. The lowest BCUT2D eigenvalue weighted by Gasteiger charge is -2.42. The van der Waals surface area contributed by atoms with Gasteiger partial charge in [-0.2, -0.15) is 0 Å². The van der Waals surface area contributed by atoms with E-state index in [-0.39, 0.29) is 24.7 Å². The lowest BCUT2D eigenvalue weighted by molar-refractivity contribution is -0.139. The van der Waals surface area contributed by atoms with Gasteiger partial charge >= 0.3 is 12.0 Å². The second kappa shape index (κ2) is 9.06. The van der Waals surface area contributed by atoms with Gasteiger partial charge in [-0.05, 0) is 42.1 Å². The van der Waals surface area contributed by atoms with Crippen molar-refractivity contribution < 1.29 is 14.7 Å². The summed E-state index contributed by atoms with van der Waals surface area (Å²) in [6.07, 6.45) is 2.43. The number of carbonyl (C=O) groups excluding carboxylic acids is 1. The highest BCUT2D eigenvalue weighted by molar-refractivity contribution is 5.85. The summed E-state index contributed by atoms with van der Waals surface area (Å²) in [5.74, 6) is -0.803. The molecule has 6 heteroatoms. The number of aliphatic carboxylic acids is 1. The van der Waals surface area contributed by atoms with E-state index in [4.69, 9.17) is 5.11 Å². The Balaban J connectivity index is 1.46. The van der Waals surface area contributed by atoms with Gasteiger partial charge in [-0.15, -0.1) is 0 Å². The van der Waals surface area contributed by atoms with Crippen LogP contribution in [-0.2, 0) is 11.2 Å². The zero-order valence-corrected chi connectivity index (χ0v) is 16.6. The molecule has 0 aliphatic heterocycles. The largest absolute Gasteiger partial charge is 0.480 e. The van der Waals surface area contributed by atoms with Crippen LogP contribution in [0.3, 0.4) is 0 Å². The minimum atomic E-state index is -0.803. The number of urea groups is 1. The van der Waals surface area contributed by atoms with Gasteiger partial charge in [0.05, 0.1) is 6.54 Å². The Bertz CT molecular complexity index is 827. The molecule has 0 radical (unpaired) electrons. The van der Waals surface area contributed by atoms with E-state index in [9.17, 15) is 9.59 Å². The van der Waals surface area contributed by atoms with Gasteiger partial charge in [0.2, 0.25) is 0 Å². The van der Waals surface area contributed by atoms with Crippen molar-refractivity contribution in [2.24, 2.45) is 0 Å². The Morgan fingerprint density at radius 2 is 1.86 bits per heavy atom. The summed E-state index contributed by atoms with van der Waals surface area (Å²) in [6, 6.07) is 14.9. The van der Waals surface area contributed by atoms with Crippen molar-refractivity contribution >= 4 is 22.8 Å². The molecule has 0 aromatic heterocycles. The Morgan fingerprint density at radius 1 is 1.14 bits per heavy atom. The molecule has 2 amide bonds. The van der Waals surface area contributed by atoms with Crippen LogP contribution in [0.2, 0.25) is 0 Å². The second-order valence-electron chi connectivity index (χ2n) is 7.54. The van der Waals surface area contributed by atoms with Crippen LogP contribution in [0.25, 0.3) is 10.8 Å². The number of carbonyl (C=O) groups is 2. The van der Waals surface area contributed by atoms with Crippen LogP contribution in [0.4, 0.5) is 4.79 Å². The maximum atomic E-state index is 12.5. The van der Waals surface area contributed by atoms with Gasteiger partial charge in [-0.25, -0.2) is 4.79 Å². The summed E-state index contributed by atoms with van der Waals surface area (Å²) in [5.41, 5.74) is 1.24. The van der Waals surface area contributed by atoms with E-state index in [0.29, 0.717) is 13.1 Å². The van der Waals surface area contributed by atoms with Crippen molar-refractivity contribution in [3.8, 4) is 0 Å². The summed E-state index contributed by atoms with van der Waals surface area (Å²) < 4.78 is 0. The van der Waals surface area contributed by atoms with Crippen LogP contribution in [0, 0.1) is 0 Å². The maximum Gasteiger partial charge on any atom is 0.317 e. The Morgan fingerprint density at radius 3 is 2.57 bits per heavy atom. The first-order valence-corrected chi connectivity index (χ1v) is 9.92. The molecule has 0 bridgehead atoms. The maximum absolute atomic E-state index is 12.5. The molecule has 0 unspecified atom stereocenters. The van der Waals surface area contributed by atoms with Gasteiger partial charge in [-0.1, -0.05) is 49.4 Å². The topological polar surface area (TPSA) is 72.9 Å². The first kappa shape index (κ1) is 20.1. The molecule has 1 fully saturated rings. The third kappa shape index (κ3) is 4.81. The predicted molar refractivity (Wildman–Crippen MR) is 111 cm³/mol. The molecular weight excluding hydrogens is 354 g/mol. The highest BCUT2D eigenvalue weighted by atomic mass is 16.4. The number of hydrogen-bond donors (Lipinski definition) is 2. The number of nitrogens with zero attached hydrogens (tertiary/aromatic N) is 2. The van der Waals surface area contributed by atoms with Crippen LogP contribution >= 0.6 is 0 Å². The standard InChI is InChI=1S/C22H29N3O3/c1-3-25(15-21(26)27)19-13-18(14-19)23-22(28)24(2)12-11-17-9-6-8-16-7-4-5-10-20(16)17/h4-10,18-19H,3,11-15H2,1-2H3,(H,23,28)(H,26,27). The van der Waals surface area contributed by atoms with E-state index in [0.717, 1.165) is 19.3 Å². The van der Waals surface area contributed by atoms with E-state index in [1.807, 2.05) is 31.0 Å². The molecule has 1 aliphatic carbocycles. The van der Waals surface area contributed by atoms with Crippen LogP contribution < -0.4 is 5.32 Å². The van der Waals surface area contributed by atoms with Gasteiger partial charge in [-0.3, -0.25) is 9.69 Å². The third-order valence-corrected chi connectivity index (χ3v) is 5.64. The van der Waals surface area contributed by atoms with Crippen molar-refractivity contribution in [3.05, 3.63) is 48.0 Å². The van der Waals surface area contributed by atoms with E-state index in [1.54, 1.807) is 4.90 Å². The lowest BCUT2D eigenvalue weighted by Crippen LogP contribution is -2.56. The molecule has 6 nitrogen and oxygen atoms in total. The quantitative estimate of drug-likeness (QED) is 0.735. The average Bonchev–Trinajstić information content (AvgIpc) is 2.66. The number of likely N-dealkylation sites (N-methyl/N-ethyl adjacent to an activating group) is 2. The highest BCUT2D eigenvalue weighted by Crippen LogP contribution is 2.25. The summed E-state index contributed by atoms with van der Waals surface area (Å²) in [5, 5.41) is 14.5. The summed E-state index contributed by atoms with van der Waals surface area (Å²) in [4.78, 5) is 27.1. The lowest BCUT2D eigenvalue weighted by atomic mass is 9.85. The number of nitrogens with one attached hydrogen (secondary N) is 1. The van der Waals surface area contributed by atoms with E-state index >= 15 is 0 Å². The molecule has 3 rings (SSSR count). The number of rotatable bonds is 8. The zero-order chi connectivity index (χ0) is 20.1. The molecule has 2 aromatic carbocycles. The van der Waals surface area contributed by atoms with Crippen molar-refractivity contribution in [1.29, 1.82) is 0 Å². The molecule has 0 heterocycles. The van der Waals surface area contributed by atoms with Crippen molar-refractivity contribution in [2.75, 3.05) is 26.7 Å². The third-order valence-electron chi connectivity index (χ3n) is 5.64. The van der Waals surface area contributed by atoms with E-state index in [1.165, 1.54) is 16.3 Å². The smallest absolute Gasteiger partial charge is 0.317 e. The number of benzene rings is 2. The predicted octanol–water partition coefficient (Wildman–Crippen LogP) is 2.96. The second-order valence-corrected chi connectivity index (χ2v) is 7.54. The number of carboxylic acid groups (broad SMARTS) is 1. The minimum absolute atomic E-state index is 0.0623. The van der Waals surface area contributed by atoms with Crippen LogP contribution in [0.5, 0.6) is 0 Å². The fourth-order valence-corrected chi connectivity index (χ4v) is 3.86. The monoisotopic (exact) mass is 383 g/mol. The molecule has 2 N–H and O–H groups in total. The van der Waals surface area contributed by atoms with Crippen LogP contribution in [-0.4, -0.2) is 65.7 Å². The average molecular weight is 383 g/mol. The molecule has 150 valence electrons. The Hall–Kier alpha value is -2.60. The van der Waals surface area contributed by atoms with Gasteiger partial charge in [0.25, 0.3) is 0 Å². The SMILES string of the molecule is CCN(CC(=O)O)C1CC(NC(=O)N(C)CCc2cccc3ccccc23)C1. The molecule has 0 spiro atoms. The molecule has 1 aliphatic rings. The number of hydrogen-bond acceptors (Lipinski definition) is 3. The number of carboxylic acids is 1. The molecule has 2 aromatic rings.